The molecule has 1 saturated heterocycles. The normalized spacial score (nSPS) is 24.3. The summed E-state index contributed by atoms with van der Waals surface area (Å²) in [5, 5.41) is 0.399. The molecule has 2 aliphatic heterocycles. The third-order valence-electron chi connectivity index (χ3n) is 5.86. The molecule has 0 unspecified atom stereocenters. The van der Waals surface area contributed by atoms with Crippen LogP contribution < -0.4 is 0 Å². The van der Waals surface area contributed by atoms with Crippen LogP contribution in [0.4, 0.5) is 0 Å². The standard InChI is InChI=1S/C17H28N4O2S/c22-24(23,17-13-18-16-7-4-8-21(16)17)20-11-9-19(10-12-20)14-15-5-2-1-3-6-15/h13,15H,1-12,14H2. The van der Waals surface area contributed by atoms with Crippen LogP contribution in [0.15, 0.2) is 11.2 Å². The smallest absolute Gasteiger partial charge is 0.260 e. The summed E-state index contributed by atoms with van der Waals surface area (Å²) in [6.07, 6.45) is 10.3. The fourth-order valence-electron chi connectivity index (χ4n) is 4.46. The van der Waals surface area contributed by atoms with E-state index in [0.717, 1.165) is 50.8 Å². The van der Waals surface area contributed by atoms with Gasteiger partial charge in [0.25, 0.3) is 10.0 Å². The Labute approximate surface area is 144 Å². The quantitative estimate of drug-likeness (QED) is 0.828. The van der Waals surface area contributed by atoms with E-state index >= 15 is 0 Å². The summed E-state index contributed by atoms with van der Waals surface area (Å²) >= 11 is 0. The first kappa shape index (κ1) is 16.5. The van der Waals surface area contributed by atoms with Crippen LogP contribution in [0.3, 0.4) is 0 Å². The van der Waals surface area contributed by atoms with E-state index in [1.165, 1.54) is 32.1 Å². The summed E-state index contributed by atoms with van der Waals surface area (Å²) < 4.78 is 29.5. The highest BCUT2D eigenvalue weighted by atomic mass is 32.2. The number of sulfonamides is 1. The van der Waals surface area contributed by atoms with Gasteiger partial charge in [-0.3, -0.25) is 0 Å². The van der Waals surface area contributed by atoms with Crippen molar-refractivity contribution >= 4 is 10.0 Å². The van der Waals surface area contributed by atoms with E-state index in [9.17, 15) is 8.42 Å². The van der Waals surface area contributed by atoms with Gasteiger partial charge in [0.05, 0.1) is 6.20 Å². The highest BCUT2D eigenvalue weighted by Crippen LogP contribution is 2.26. The molecule has 1 aromatic heterocycles. The molecule has 1 saturated carbocycles. The largest absolute Gasteiger partial charge is 0.318 e. The minimum Gasteiger partial charge on any atom is -0.318 e. The zero-order valence-electron chi connectivity index (χ0n) is 14.4. The average Bonchev–Trinajstić information content (AvgIpc) is 3.19. The second kappa shape index (κ2) is 6.77. The van der Waals surface area contributed by atoms with E-state index in [-0.39, 0.29) is 0 Å². The fourth-order valence-corrected chi connectivity index (χ4v) is 6.03. The van der Waals surface area contributed by atoms with E-state index < -0.39 is 10.0 Å². The third kappa shape index (κ3) is 3.13. The number of hydrogen-bond donors (Lipinski definition) is 0. The number of aryl methyl sites for hydroxylation is 1. The van der Waals surface area contributed by atoms with E-state index in [1.807, 2.05) is 4.57 Å². The molecule has 0 bridgehead atoms. The Balaban J connectivity index is 1.38. The zero-order chi connectivity index (χ0) is 16.6. The number of imidazole rings is 1. The summed E-state index contributed by atoms with van der Waals surface area (Å²) in [7, 11) is -3.39. The Morgan fingerprint density at radius 1 is 1.00 bits per heavy atom. The molecule has 24 heavy (non-hydrogen) atoms. The van der Waals surface area contributed by atoms with Crippen molar-refractivity contribution in [1.82, 2.24) is 18.8 Å². The van der Waals surface area contributed by atoms with Crippen molar-refractivity contribution in [3.8, 4) is 0 Å². The lowest BCUT2D eigenvalue weighted by atomic mass is 9.89. The molecule has 0 N–H and O–H groups in total. The lowest BCUT2D eigenvalue weighted by Gasteiger charge is -2.36. The predicted octanol–water partition coefficient (Wildman–Crippen LogP) is 1.72. The van der Waals surface area contributed by atoms with Gasteiger partial charge in [0.15, 0.2) is 5.03 Å². The van der Waals surface area contributed by atoms with Crippen LogP contribution in [-0.2, 0) is 23.0 Å². The van der Waals surface area contributed by atoms with E-state index in [0.29, 0.717) is 18.1 Å². The fraction of sp³-hybridized carbons (Fsp3) is 0.824. The molecule has 1 aliphatic carbocycles. The molecule has 3 heterocycles. The van der Waals surface area contributed by atoms with Gasteiger partial charge in [-0.1, -0.05) is 19.3 Å². The van der Waals surface area contributed by atoms with Crippen molar-refractivity contribution in [3.05, 3.63) is 12.0 Å². The molecule has 0 atom stereocenters. The summed E-state index contributed by atoms with van der Waals surface area (Å²) in [5.41, 5.74) is 0. The molecule has 3 aliphatic rings. The summed E-state index contributed by atoms with van der Waals surface area (Å²) in [6.45, 7) is 4.86. The Morgan fingerprint density at radius 2 is 1.75 bits per heavy atom. The van der Waals surface area contributed by atoms with Crippen LogP contribution in [0, 0.1) is 5.92 Å². The van der Waals surface area contributed by atoms with E-state index in [2.05, 4.69) is 9.88 Å². The third-order valence-corrected chi connectivity index (χ3v) is 7.76. The molecule has 6 nitrogen and oxygen atoms in total. The van der Waals surface area contributed by atoms with Gasteiger partial charge in [0, 0.05) is 45.7 Å². The highest BCUT2D eigenvalue weighted by Gasteiger charge is 2.33. The Kier molecular flexibility index (Phi) is 4.66. The van der Waals surface area contributed by atoms with Gasteiger partial charge >= 0.3 is 0 Å². The number of hydrogen-bond acceptors (Lipinski definition) is 4. The second-order valence-corrected chi connectivity index (χ2v) is 9.36. The number of nitrogens with zero attached hydrogens (tertiary/aromatic N) is 4. The molecule has 7 heteroatoms. The van der Waals surface area contributed by atoms with Crippen molar-refractivity contribution in [2.45, 2.75) is 56.5 Å². The van der Waals surface area contributed by atoms with Crippen LogP contribution in [0.2, 0.25) is 0 Å². The molecule has 134 valence electrons. The van der Waals surface area contributed by atoms with Crippen molar-refractivity contribution in [3.63, 3.8) is 0 Å². The van der Waals surface area contributed by atoms with Crippen LogP contribution in [0.5, 0.6) is 0 Å². The second-order valence-electron chi connectivity index (χ2n) is 7.48. The Bertz CT molecular complexity index is 671. The van der Waals surface area contributed by atoms with Crippen molar-refractivity contribution < 1.29 is 8.42 Å². The van der Waals surface area contributed by atoms with Gasteiger partial charge in [0.1, 0.15) is 5.82 Å². The van der Waals surface area contributed by atoms with Gasteiger partial charge < -0.3 is 9.47 Å². The van der Waals surface area contributed by atoms with E-state index in [1.54, 1.807) is 10.5 Å². The van der Waals surface area contributed by atoms with E-state index in [4.69, 9.17) is 0 Å². The summed E-state index contributed by atoms with van der Waals surface area (Å²) in [6, 6.07) is 0. The Hall–Kier alpha value is -0.920. The van der Waals surface area contributed by atoms with Crippen LogP contribution in [0.25, 0.3) is 0 Å². The SMILES string of the molecule is O=S(=O)(c1cnc2n1CCC2)N1CCN(CC2CCCCC2)CC1. The monoisotopic (exact) mass is 352 g/mol. The lowest BCUT2D eigenvalue weighted by Crippen LogP contribution is -2.50. The molecule has 0 radical (unpaired) electrons. The molecule has 4 rings (SSSR count). The molecular weight excluding hydrogens is 324 g/mol. The van der Waals surface area contributed by atoms with Crippen LogP contribution >= 0.6 is 0 Å². The Morgan fingerprint density at radius 3 is 2.50 bits per heavy atom. The molecule has 2 fully saturated rings. The van der Waals surface area contributed by atoms with Gasteiger partial charge in [-0.2, -0.15) is 4.31 Å². The molecule has 0 aromatic carbocycles. The molecule has 0 spiro atoms. The predicted molar refractivity (Wildman–Crippen MR) is 92.3 cm³/mol. The van der Waals surface area contributed by atoms with Crippen molar-refractivity contribution in [2.75, 3.05) is 32.7 Å². The number of piperazine rings is 1. The summed E-state index contributed by atoms with van der Waals surface area (Å²) in [4.78, 5) is 6.76. The van der Waals surface area contributed by atoms with Crippen molar-refractivity contribution in [1.29, 1.82) is 0 Å². The maximum absolute atomic E-state index is 13.0. The first-order chi connectivity index (χ1) is 11.6. The minimum absolute atomic E-state index is 0.399. The molecule has 1 aromatic rings. The maximum atomic E-state index is 13.0. The topological polar surface area (TPSA) is 58.4 Å². The lowest BCUT2D eigenvalue weighted by molar-refractivity contribution is 0.149. The first-order valence-corrected chi connectivity index (χ1v) is 10.9. The average molecular weight is 353 g/mol. The van der Waals surface area contributed by atoms with Gasteiger partial charge in [-0.05, 0) is 25.2 Å². The highest BCUT2D eigenvalue weighted by molar-refractivity contribution is 7.89. The maximum Gasteiger partial charge on any atom is 0.260 e. The van der Waals surface area contributed by atoms with Crippen LogP contribution in [-0.4, -0.2) is 59.9 Å². The number of aromatic nitrogens is 2. The van der Waals surface area contributed by atoms with Gasteiger partial charge in [-0.25, -0.2) is 13.4 Å². The van der Waals surface area contributed by atoms with Gasteiger partial charge in [-0.15, -0.1) is 0 Å². The summed E-state index contributed by atoms with van der Waals surface area (Å²) in [5.74, 6) is 1.74. The number of rotatable bonds is 4. The van der Waals surface area contributed by atoms with Crippen molar-refractivity contribution in [2.24, 2.45) is 5.92 Å². The minimum atomic E-state index is -3.39. The van der Waals surface area contributed by atoms with Gasteiger partial charge in [0.2, 0.25) is 0 Å². The van der Waals surface area contributed by atoms with Crippen LogP contribution in [0.1, 0.15) is 44.3 Å². The first-order valence-electron chi connectivity index (χ1n) is 9.41. The molecular formula is C17H28N4O2S. The molecule has 0 amide bonds. The zero-order valence-corrected chi connectivity index (χ0v) is 15.2. The number of fused-ring (bicyclic) bond motifs is 1.